The summed E-state index contributed by atoms with van der Waals surface area (Å²) >= 11 is 0. The Balaban J connectivity index is 2.56. The van der Waals surface area contributed by atoms with Gasteiger partial charge in [-0.3, -0.25) is 0 Å². The zero-order valence-corrected chi connectivity index (χ0v) is 10.2. The molecule has 0 spiro atoms. The maximum absolute atomic E-state index is 10.3. The predicted octanol–water partition coefficient (Wildman–Crippen LogP) is 2.85. The highest BCUT2D eigenvalue weighted by Crippen LogP contribution is 2.40. The zero-order chi connectivity index (χ0) is 11.7. The summed E-state index contributed by atoms with van der Waals surface area (Å²) in [5.41, 5.74) is 10.9. The Morgan fingerprint density at radius 1 is 1.38 bits per heavy atom. The van der Waals surface area contributed by atoms with Gasteiger partial charge in [0.15, 0.2) is 0 Å². The van der Waals surface area contributed by atoms with E-state index in [1.54, 1.807) is 0 Å². The lowest BCUT2D eigenvalue weighted by atomic mass is 9.94. The third-order valence-electron chi connectivity index (χ3n) is 3.60. The van der Waals surface area contributed by atoms with E-state index in [0.717, 1.165) is 43.2 Å². The predicted molar refractivity (Wildman–Crippen MR) is 66.7 cm³/mol. The maximum atomic E-state index is 10.3. The van der Waals surface area contributed by atoms with Crippen LogP contribution in [0, 0.1) is 0 Å². The first kappa shape index (κ1) is 11.5. The molecule has 1 aromatic carbocycles. The van der Waals surface area contributed by atoms with Crippen LogP contribution in [-0.4, -0.2) is 5.11 Å². The average molecular weight is 219 g/mol. The van der Waals surface area contributed by atoms with E-state index in [9.17, 15) is 5.11 Å². The van der Waals surface area contributed by atoms with E-state index in [-0.39, 0.29) is 6.04 Å². The van der Waals surface area contributed by atoms with Gasteiger partial charge in [-0.2, -0.15) is 0 Å². The van der Waals surface area contributed by atoms with Crippen molar-refractivity contribution in [3.05, 3.63) is 28.3 Å². The first-order valence-electron chi connectivity index (χ1n) is 6.31. The third kappa shape index (κ3) is 1.71. The van der Waals surface area contributed by atoms with Crippen LogP contribution in [0.3, 0.4) is 0 Å². The van der Waals surface area contributed by atoms with Crippen LogP contribution in [0.1, 0.15) is 55.0 Å². The molecular formula is C14H21NO. The van der Waals surface area contributed by atoms with Crippen LogP contribution in [0.2, 0.25) is 0 Å². The number of aryl methyl sites for hydroxylation is 2. The Morgan fingerprint density at radius 3 is 2.75 bits per heavy atom. The number of hydrogen-bond donors (Lipinski definition) is 2. The molecule has 0 heterocycles. The largest absolute Gasteiger partial charge is 0.507 e. The summed E-state index contributed by atoms with van der Waals surface area (Å²) < 4.78 is 0. The first-order chi connectivity index (χ1) is 7.69. The van der Waals surface area contributed by atoms with Crippen molar-refractivity contribution in [2.45, 2.75) is 52.0 Å². The molecular weight excluding hydrogens is 198 g/mol. The number of nitrogens with two attached hydrogens (primary N) is 1. The minimum atomic E-state index is 0.0390. The number of rotatable bonds is 3. The number of aromatic hydroxyl groups is 1. The molecule has 2 rings (SSSR count). The van der Waals surface area contributed by atoms with Gasteiger partial charge < -0.3 is 10.8 Å². The monoisotopic (exact) mass is 219 g/mol. The second-order valence-electron chi connectivity index (χ2n) is 4.68. The van der Waals surface area contributed by atoms with Crippen molar-refractivity contribution in [3.8, 4) is 5.75 Å². The molecule has 0 aliphatic heterocycles. The Labute approximate surface area is 97.5 Å². The quantitative estimate of drug-likeness (QED) is 0.821. The van der Waals surface area contributed by atoms with Gasteiger partial charge in [-0.05, 0) is 42.4 Å². The van der Waals surface area contributed by atoms with Crippen LogP contribution in [0.5, 0.6) is 5.75 Å². The Morgan fingerprint density at radius 2 is 2.12 bits per heavy atom. The van der Waals surface area contributed by atoms with Crippen molar-refractivity contribution in [1.82, 2.24) is 0 Å². The molecule has 0 bridgehead atoms. The molecule has 88 valence electrons. The SMILES string of the molecule is CCCc1cc(CC)c2c(c1O)[C@@H](N)CC2. The van der Waals surface area contributed by atoms with Crippen LogP contribution >= 0.6 is 0 Å². The highest BCUT2D eigenvalue weighted by molar-refractivity contribution is 5.53. The van der Waals surface area contributed by atoms with Gasteiger partial charge >= 0.3 is 0 Å². The summed E-state index contributed by atoms with van der Waals surface area (Å²) in [6.45, 7) is 4.31. The lowest BCUT2D eigenvalue weighted by Crippen LogP contribution is -2.07. The van der Waals surface area contributed by atoms with Gasteiger partial charge in [0.2, 0.25) is 0 Å². The van der Waals surface area contributed by atoms with Gasteiger partial charge in [-0.1, -0.05) is 26.3 Å². The molecule has 0 unspecified atom stereocenters. The molecule has 0 saturated carbocycles. The summed E-state index contributed by atoms with van der Waals surface area (Å²) in [5, 5.41) is 10.3. The van der Waals surface area contributed by atoms with E-state index in [2.05, 4.69) is 19.9 Å². The molecule has 2 heteroatoms. The van der Waals surface area contributed by atoms with Crippen molar-refractivity contribution < 1.29 is 5.11 Å². The molecule has 16 heavy (non-hydrogen) atoms. The minimum Gasteiger partial charge on any atom is -0.507 e. The summed E-state index contributed by atoms with van der Waals surface area (Å²) in [7, 11) is 0. The lowest BCUT2D eigenvalue weighted by Gasteiger charge is -2.15. The number of hydrogen-bond acceptors (Lipinski definition) is 2. The summed E-state index contributed by atoms with van der Waals surface area (Å²) in [5.74, 6) is 0.471. The van der Waals surface area contributed by atoms with E-state index in [0.29, 0.717) is 5.75 Å². The van der Waals surface area contributed by atoms with E-state index < -0.39 is 0 Å². The highest BCUT2D eigenvalue weighted by atomic mass is 16.3. The molecule has 3 N–H and O–H groups in total. The first-order valence-corrected chi connectivity index (χ1v) is 6.31. The smallest absolute Gasteiger partial charge is 0.123 e. The molecule has 0 amide bonds. The van der Waals surface area contributed by atoms with E-state index >= 15 is 0 Å². The van der Waals surface area contributed by atoms with Crippen LogP contribution < -0.4 is 5.73 Å². The number of phenolic OH excluding ortho intramolecular Hbond substituents is 1. The summed E-state index contributed by atoms with van der Waals surface area (Å²) in [6, 6.07) is 2.22. The van der Waals surface area contributed by atoms with Gasteiger partial charge in [0, 0.05) is 11.6 Å². The van der Waals surface area contributed by atoms with Crippen molar-refractivity contribution in [2.75, 3.05) is 0 Å². The van der Waals surface area contributed by atoms with Crippen molar-refractivity contribution in [3.63, 3.8) is 0 Å². The van der Waals surface area contributed by atoms with Crippen molar-refractivity contribution in [1.29, 1.82) is 0 Å². The lowest BCUT2D eigenvalue weighted by molar-refractivity contribution is 0.456. The van der Waals surface area contributed by atoms with Crippen molar-refractivity contribution >= 4 is 0 Å². The van der Waals surface area contributed by atoms with E-state index in [1.165, 1.54) is 11.1 Å². The highest BCUT2D eigenvalue weighted by Gasteiger charge is 2.26. The maximum Gasteiger partial charge on any atom is 0.123 e. The van der Waals surface area contributed by atoms with Crippen LogP contribution in [0.15, 0.2) is 6.07 Å². The average Bonchev–Trinajstić information content (AvgIpc) is 2.65. The Kier molecular flexibility index (Phi) is 3.20. The normalized spacial score (nSPS) is 18.8. The molecule has 1 aliphatic carbocycles. The molecule has 1 aromatic rings. The standard InChI is InChI=1S/C14H21NO/c1-3-5-10-8-9(4-2)11-6-7-12(15)13(11)14(10)16/h8,12,16H,3-7,15H2,1-2H3/t12-/m0/s1. The Hall–Kier alpha value is -1.02. The van der Waals surface area contributed by atoms with E-state index in [4.69, 9.17) is 5.73 Å². The second-order valence-corrected chi connectivity index (χ2v) is 4.68. The molecule has 0 radical (unpaired) electrons. The molecule has 1 atom stereocenters. The summed E-state index contributed by atoms with van der Waals surface area (Å²) in [4.78, 5) is 0. The fourth-order valence-electron chi connectivity index (χ4n) is 2.77. The fraction of sp³-hybridized carbons (Fsp3) is 0.571. The molecule has 2 nitrogen and oxygen atoms in total. The molecule has 0 fully saturated rings. The zero-order valence-electron chi connectivity index (χ0n) is 10.2. The minimum absolute atomic E-state index is 0.0390. The number of fused-ring (bicyclic) bond motifs is 1. The molecule has 0 saturated heterocycles. The van der Waals surface area contributed by atoms with E-state index in [1.807, 2.05) is 0 Å². The van der Waals surface area contributed by atoms with Gasteiger partial charge in [0.1, 0.15) is 5.75 Å². The van der Waals surface area contributed by atoms with Crippen LogP contribution in [-0.2, 0) is 19.3 Å². The van der Waals surface area contributed by atoms with Gasteiger partial charge in [-0.25, -0.2) is 0 Å². The number of phenols is 1. The molecule has 1 aliphatic rings. The fourth-order valence-corrected chi connectivity index (χ4v) is 2.77. The van der Waals surface area contributed by atoms with Crippen molar-refractivity contribution in [2.24, 2.45) is 5.73 Å². The van der Waals surface area contributed by atoms with Gasteiger partial charge in [0.25, 0.3) is 0 Å². The van der Waals surface area contributed by atoms with Crippen LogP contribution in [0.4, 0.5) is 0 Å². The van der Waals surface area contributed by atoms with Crippen LogP contribution in [0.25, 0.3) is 0 Å². The molecule has 0 aromatic heterocycles. The second kappa shape index (κ2) is 4.46. The van der Waals surface area contributed by atoms with Gasteiger partial charge in [-0.15, -0.1) is 0 Å². The van der Waals surface area contributed by atoms with Gasteiger partial charge in [0.05, 0.1) is 0 Å². The summed E-state index contributed by atoms with van der Waals surface area (Å²) in [6.07, 6.45) is 5.04. The Bertz CT molecular complexity index is 398. The third-order valence-corrected chi connectivity index (χ3v) is 3.60. The topological polar surface area (TPSA) is 46.2 Å². The number of benzene rings is 1.